The molecule has 1 N–H and O–H groups in total. The zero-order chi connectivity index (χ0) is 13.1. The van der Waals surface area contributed by atoms with Gasteiger partial charge in [-0.15, -0.1) is 0 Å². The van der Waals surface area contributed by atoms with Gasteiger partial charge >= 0.3 is 0 Å². The van der Waals surface area contributed by atoms with Crippen molar-refractivity contribution in [2.24, 2.45) is 7.05 Å². The van der Waals surface area contributed by atoms with Crippen LogP contribution >= 0.6 is 11.6 Å². The minimum atomic E-state index is 0.475. The van der Waals surface area contributed by atoms with Crippen LogP contribution in [0, 0.1) is 18.3 Å². The zero-order valence-electron chi connectivity index (χ0n) is 10.2. The number of rotatable bonds is 3. The van der Waals surface area contributed by atoms with E-state index in [4.69, 9.17) is 16.9 Å². The average Bonchev–Trinajstić information content (AvgIpc) is 2.65. The quantitative estimate of drug-likeness (QED) is 0.864. The average molecular weight is 261 g/mol. The van der Waals surface area contributed by atoms with Gasteiger partial charge in [0.15, 0.2) is 0 Å². The van der Waals surface area contributed by atoms with Crippen molar-refractivity contribution >= 4 is 17.3 Å². The highest BCUT2D eigenvalue weighted by Gasteiger charge is 2.08. The van der Waals surface area contributed by atoms with Gasteiger partial charge in [-0.3, -0.25) is 0 Å². The lowest BCUT2D eigenvalue weighted by atomic mass is 10.2. The van der Waals surface area contributed by atoms with E-state index in [1.807, 2.05) is 30.7 Å². The smallest absolute Gasteiger partial charge is 0.129 e. The molecule has 2 heterocycles. The Balaban J connectivity index is 2.11. The van der Waals surface area contributed by atoms with Gasteiger partial charge in [0.05, 0.1) is 11.9 Å². The third-order valence-corrected chi connectivity index (χ3v) is 3.19. The molecule has 0 bridgehead atoms. The van der Waals surface area contributed by atoms with E-state index in [0.717, 1.165) is 16.9 Å². The lowest BCUT2D eigenvalue weighted by molar-refractivity contribution is 0.856. The van der Waals surface area contributed by atoms with Crippen LogP contribution in [0.25, 0.3) is 0 Å². The van der Waals surface area contributed by atoms with Crippen molar-refractivity contribution in [2.75, 3.05) is 5.32 Å². The summed E-state index contributed by atoms with van der Waals surface area (Å²) < 4.78 is 1.89. The van der Waals surface area contributed by atoms with E-state index in [-0.39, 0.29) is 0 Å². The second-order valence-electron chi connectivity index (χ2n) is 4.03. The Labute approximate surface area is 111 Å². The van der Waals surface area contributed by atoms with Crippen LogP contribution in [0.15, 0.2) is 24.4 Å². The number of halogens is 1. The van der Waals surface area contributed by atoms with E-state index in [0.29, 0.717) is 17.4 Å². The fraction of sp³-hybridized carbons (Fsp3) is 0.231. The van der Waals surface area contributed by atoms with Crippen LogP contribution in [-0.2, 0) is 13.6 Å². The number of aromatic nitrogens is 2. The first-order chi connectivity index (χ1) is 8.61. The van der Waals surface area contributed by atoms with E-state index in [1.165, 1.54) is 0 Å². The molecule has 0 aliphatic heterocycles. The molecule has 0 spiro atoms. The van der Waals surface area contributed by atoms with Gasteiger partial charge in [-0.1, -0.05) is 11.6 Å². The first-order valence-corrected chi connectivity index (χ1v) is 5.90. The van der Waals surface area contributed by atoms with Crippen molar-refractivity contribution in [3.05, 3.63) is 46.5 Å². The Morgan fingerprint density at radius 1 is 1.50 bits per heavy atom. The van der Waals surface area contributed by atoms with Crippen LogP contribution in [0.3, 0.4) is 0 Å². The van der Waals surface area contributed by atoms with Gasteiger partial charge < -0.3 is 9.88 Å². The molecule has 0 fully saturated rings. The number of hydrogen-bond acceptors (Lipinski definition) is 3. The van der Waals surface area contributed by atoms with E-state index >= 15 is 0 Å². The SMILES string of the molecule is Cc1c(CNc2ccc(Cl)nc2)cc(C#N)n1C. The van der Waals surface area contributed by atoms with Crippen LogP contribution in [0.2, 0.25) is 5.15 Å². The van der Waals surface area contributed by atoms with E-state index in [2.05, 4.69) is 16.4 Å². The summed E-state index contributed by atoms with van der Waals surface area (Å²) in [7, 11) is 1.89. The summed E-state index contributed by atoms with van der Waals surface area (Å²) in [5, 5.41) is 12.7. The minimum absolute atomic E-state index is 0.475. The van der Waals surface area contributed by atoms with Crippen molar-refractivity contribution in [3.63, 3.8) is 0 Å². The van der Waals surface area contributed by atoms with Crippen molar-refractivity contribution < 1.29 is 0 Å². The Morgan fingerprint density at radius 2 is 2.28 bits per heavy atom. The first kappa shape index (κ1) is 12.5. The molecule has 18 heavy (non-hydrogen) atoms. The second kappa shape index (κ2) is 5.11. The molecule has 4 nitrogen and oxygen atoms in total. The van der Waals surface area contributed by atoms with Crippen molar-refractivity contribution in [1.29, 1.82) is 5.26 Å². The summed E-state index contributed by atoms with van der Waals surface area (Å²) >= 11 is 5.72. The van der Waals surface area contributed by atoms with Crippen molar-refractivity contribution in [1.82, 2.24) is 9.55 Å². The fourth-order valence-corrected chi connectivity index (χ4v) is 1.84. The predicted molar refractivity (Wildman–Crippen MR) is 71.4 cm³/mol. The van der Waals surface area contributed by atoms with Crippen LogP contribution in [0.4, 0.5) is 5.69 Å². The maximum Gasteiger partial charge on any atom is 0.129 e. The van der Waals surface area contributed by atoms with E-state index in [9.17, 15) is 0 Å². The molecule has 2 rings (SSSR count). The molecule has 0 radical (unpaired) electrons. The molecular formula is C13H13ClN4. The van der Waals surface area contributed by atoms with E-state index in [1.54, 1.807) is 12.3 Å². The molecule has 92 valence electrons. The summed E-state index contributed by atoms with van der Waals surface area (Å²) in [6.07, 6.45) is 1.69. The Bertz CT molecular complexity index is 593. The molecule has 0 amide bonds. The Morgan fingerprint density at radius 3 is 2.83 bits per heavy atom. The highest BCUT2D eigenvalue weighted by Crippen LogP contribution is 2.16. The zero-order valence-corrected chi connectivity index (χ0v) is 11.0. The predicted octanol–water partition coefficient (Wildman–Crippen LogP) is 2.87. The van der Waals surface area contributed by atoms with Crippen molar-refractivity contribution in [2.45, 2.75) is 13.5 Å². The molecule has 0 aliphatic rings. The van der Waals surface area contributed by atoms with E-state index < -0.39 is 0 Å². The van der Waals surface area contributed by atoms with Crippen LogP contribution in [0.5, 0.6) is 0 Å². The highest BCUT2D eigenvalue weighted by atomic mass is 35.5. The molecule has 0 aromatic carbocycles. The topological polar surface area (TPSA) is 53.6 Å². The summed E-state index contributed by atoms with van der Waals surface area (Å²) in [5.41, 5.74) is 3.75. The van der Waals surface area contributed by atoms with Crippen LogP contribution in [0.1, 0.15) is 17.0 Å². The molecule has 0 unspecified atom stereocenters. The molecule has 0 aliphatic carbocycles. The summed E-state index contributed by atoms with van der Waals surface area (Å²) in [6, 6.07) is 7.67. The number of nitrogens with one attached hydrogen (secondary N) is 1. The van der Waals surface area contributed by atoms with Gasteiger partial charge in [-0.2, -0.15) is 5.26 Å². The molecule has 0 saturated carbocycles. The molecule has 0 atom stereocenters. The molecule has 2 aromatic rings. The largest absolute Gasteiger partial charge is 0.380 e. The lowest BCUT2D eigenvalue weighted by Gasteiger charge is -2.06. The normalized spacial score (nSPS) is 10.1. The number of hydrogen-bond donors (Lipinski definition) is 1. The maximum absolute atomic E-state index is 8.96. The number of nitrogens with zero attached hydrogens (tertiary/aromatic N) is 3. The molecular weight excluding hydrogens is 248 g/mol. The molecule has 0 saturated heterocycles. The monoisotopic (exact) mass is 260 g/mol. The minimum Gasteiger partial charge on any atom is -0.380 e. The van der Waals surface area contributed by atoms with Gasteiger partial charge in [0.2, 0.25) is 0 Å². The van der Waals surface area contributed by atoms with Gasteiger partial charge in [-0.25, -0.2) is 4.98 Å². The highest BCUT2D eigenvalue weighted by molar-refractivity contribution is 6.29. The second-order valence-corrected chi connectivity index (χ2v) is 4.42. The van der Waals surface area contributed by atoms with Gasteiger partial charge in [0, 0.05) is 19.3 Å². The Hall–Kier alpha value is -1.99. The molecule has 5 heteroatoms. The fourth-order valence-electron chi connectivity index (χ4n) is 1.73. The first-order valence-electron chi connectivity index (χ1n) is 5.52. The standard InChI is InChI=1S/C13H13ClN4/c1-9-10(5-12(6-15)18(9)2)7-16-11-3-4-13(14)17-8-11/h3-5,8,16H,7H2,1-2H3. The van der Waals surface area contributed by atoms with Gasteiger partial charge in [-0.05, 0) is 30.7 Å². The lowest BCUT2D eigenvalue weighted by Crippen LogP contribution is -2.01. The number of anilines is 1. The van der Waals surface area contributed by atoms with Crippen LogP contribution < -0.4 is 5.32 Å². The van der Waals surface area contributed by atoms with Crippen LogP contribution in [-0.4, -0.2) is 9.55 Å². The third kappa shape index (κ3) is 2.47. The van der Waals surface area contributed by atoms with Crippen molar-refractivity contribution in [3.8, 4) is 6.07 Å². The van der Waals surface area contributed by atoms with Gasteiger partial charge in [0.25, 0.3) is 0 Å². The molecule has 2 aromatic heterocycles. The Kier molecular flexibility index (Phi) is 3.54. The van der Waals surface area contributed by atoms with Gasteiger partial charge in [0.1, 0.15) is 16.9 Å². The maximum atomic E-state index is 8.96. The third-order valence-electron chi connectivity index (χ3n) is 2.97. The number of pyridine rings is 1. The summed E-state index contributed by atoms with van der Waals surface area (Å²) in [4.78, 5) is 4.00. The summed E-state index contributed by atoms with van der Waals surface area (Å²) in [6.45, 7) is 2.66. The number of nitriles is 1. The summed E-state index contributed by atoms with van der Waals surface area (Å²) in [5.74, 6) is 0.